The predicted octanol–water partition coefficient (Wildman–Crippen LogP) is 3.00. The fourth-order valence-electron chi connectivity index (χ4n) is 2.57. The van der Waals surface area contributed by atoms with Gasteiger partial charge in [-0.05, 0) is 30.3 Å². The third-order valence-electron chi connectivity index (χ3n) is 3.97. The van der Waals surface area contributed by atoms with Crippen molar-refractivity contribution >= 4 is 39.1 Å². The molecule has 0 aliphatic rings. The second-order valence-corrected chi connectivity index (χ2v) is 6.80. The summed E-state index contributed by atoms with van der Waals surface area (Å²) in [7, 11) is 1.87. The van der Waals surface area contributed by atoms with Crippen molar-refractivity contribution in [3.8, 4) is 6.01 Å². The number of hydrogen-bond acceptors (Lipinski definition) is 9. The van der Waals surface area contributed by atoms with Gasteiger partial charge in [-0.25, -0.2) is 4.98 Å². The van der Waals surface area contributed by atoms with Gasteiger partial charge >= 0.3 is 6.01 Å². The zero-order chi connectivity index (χ0) is 18.6. The molecule has 0 aliphatic heterocycles. The fraction of sp³-hybridized carbons (Fsp3) is 0.167. The predicted molar refractivity (Wildman–Crippen MR) is 106 cm³/mol. The summed E-state index contributed by atoms with van der Waals surface area (Å²) in [6.45, 7) is 0.659. The first kappa shape index (κ1) is 17.1. The molecule has 2 N–H and O–H groups in total. The Labute approximate surface area is 159 Å². The Morgan fingerprint density at radius 3 is 2.89 bits per heavy atom. The van der Waals surface area contributed by atoms with Gasteiger partial charge in [0.2, 0.25) is 11.9 Å². The van der Waals surface area contributed by atoms with Gasteiger partial charge in [0.05, 0.1) is 15.7 Å². The number of anilines is 3. The molecule has 1 aromatic carbocycles. The van der Waals surface area contributed by atoms with Crippen LogP contribution < -0.4 is 10.2 Å². The minimum absolute atomic E-state index is 0.283. The number of aromatic nitrogens is 5. The van der Waals surface area contributed by atoms with E-state index in [9.17, 15) is 5.11 Å². The molecule has 136 valence electrons. The third-order valence-corrected chi connectivity index (χ3v) is 4.76. The number of likely N-dealkylation sites (N-methyl/N-ethyl adjacent to an activating group) is 1. The summed E-state index contributed by atoms with van der Waals surface area (Å²) in [5.41, 5.74) is 4.55. The van der Waals surface area contributed by atoms with E-state index < -0.39 is 0 Å². The van der Waals surface area contributed by atoms with Gasteiger partial charge in [-0.1, -0.05) is 6.07 Å². The van der Waals surface area contributed by atoms with E-state index in [0.717, 1.165) is 28.0 Å². The van der Waals surface area contributed by atoms with Gasteiger partial charge in [-0.3, -0.25) is 4.98 Å². The van der Waals surface area contributed by atoms with Crippen molar-refractivity contribution in [3.05, 3.63) is 53.8 Å². The SMILES string of the molecule is CN(CCc1ccccn1)c1nc(O)nc(Nc2ccc3ncsc3c2)n1. The zero-order valence-corrected chi connectivity index (χ0v) is 15.4. The number of fused-ring (bicyclic) bond motifs is 1. The van der Waals surface area contributed by atoms with E-state index >= 15 is 0 Å². The number of hydrogen-bond donors (Lipinski definition) is 2. The molecule has 27 heavy (non-hydrogen) atoms. The molecule has 0 fully saturated rings. The first-order valence-electron chi connectivity index (χ1n) is 8.34. The summed E-state index contributed by atoms with van der Waals surface area (Å²) < 4.78 is 1.06. The molecular weight excluding hydrogens is 362 g/mol. The summed E-state index contributed by atoms with van der Waals surface area (Å²) >= 11 is 1.56. The molecule has 9 heteroatoms. The first-order valence-corrected chi connectivity index (χ1v) is 9.22. The quantitative estimate of drug-likeness (QED) is 0.527. The highest BCUT2D eigenvalue weighted by atomic mass is 32.1. The van der Waals surface area contributed by atoms with E-state index in [2.05, 4.69) is 30.2 Å². The second kappa shape index (κ2) is 7.50. The number of pyridine rings is 1. The van der Waals surface area contributed by atoms with Crippen LogP contribution in [0.3, 0.4) is 0 Å². The lowest BCUT2D eigenvalue weighted by Gasteiger charge is -2.17. The second-order valence-electron chi connectivity index (χ2n) is 5.91. The molecule has 0 aliphatic carbocycles. The molecule has 0 saturated carbocycles. The number of aromatic hydroxyl groups is 1. The van der Waals surface area contributed by atoms with Crippen LogP contribution in [0, 0.1) is 0 Å². The van der Waals surface area contributed by atoms with Gasteiger partial charge in [0.25, 0.3) is 0 Å². The molecule has 3 aromatic heterocycles. The molecular formula is C18H17N7OS. The molecule has 0 spiro atoms. The molecule has 0 unspecified atom stereocenters. The van der Waals surface area contributed by atoms with Crippen LogP contribution >= 0.6 is 11.3 Å². The van der Waals surface area contributed by atoms with Crippen LogP contribution in [0.4, 0.5) is 17.6 Å². The molecule has 4 rings (SSSR count). The maximum absolute atomic E-state index is 9.90. The smallest absolute Gasteiger partial charge is 0.320 e. The van der Waals surface area contributed by atoms with Gasteiger partial charge in [-0.15, -0.1) is 11.3 Å². The minimum atomic E-state index is -0.328. The van der Waals surface area contributed by atoms with Crippen molar-refractivity contribution in [3.63, 3.8) is 0 Å². The van der Waals surface area contributed by atoms with Crippen LogP contribution in [0.2, 0.25) is 0 Å². The topological polar surface area (TPSA) is 100.0 Å². The van der Waals surface area contributed by atoms with E-state index in [0.29, 0.717) is 12.5 Å². The number of rotatable bonds is 6. The van der Waals surface area contributed by atoms with Crippen molar-refractivity contribution < 1.29 is 5.11 Å². The summed E-state index contributed by atoms with van der Waals surface area (Å²) in [6, 6.07) is 11.3. The molecule has 3 heterocycles. The lowest BCUT2D eigenvalue weighted by Crippen LogP contribution is -2.23. The van der Waals surface area contributed by atoms with Gasteiger partial charge < -0.3 is 15.3 Å². The van der Waals surface area contributed by atoms with E-state index in [1.165, 1.54) is 0 Å². The van der Waals surface area contributed by atoms with Crippen molar-refractivity contribution in [2.75, 3.05) is 23.8 Å². The van der Waals surface area contributed by atoms with Gasteiger partial charge in [-0.2, -0.15) is 15.0 Å². The average molecular weight is 379 g/mol. The Kier molecular flexibility index (Phi) is 4.75. The highest BCUT2D eigenvalue weighted by Gasteiger charge is 2.11. The summed E-state index contributed by atoms with van der Waals surface area (Å²) in [6.07, 6.45) is 2.51. The number of nitrogens with zero attached hydrogens (tertiary/aromatic N) is 6. The van der Waals surface area contributed by atoms with Crippen LogP contribution in [0.25, 0.3) is 10.2 Å². The number of nitrogens with one attached hydrogen (secondary N) is 1. The molecule has 0 bridgehead atoms. The van der Waals surface area contributed by atoms with Gasteiger partial charge in [0.1, 0.15) is 0 Å². The number of benzene rings is 1. The monoisotopic (exact) mass is 379 g/mol. The normalized spacial score (nSPS) is 10.9. The highest BCUT2D eigenvalue weighted by Crippen LogP contribution is 2.24. The fourth-order valence-corrected chi connectivity index (χ4v) is 3.29. The van der Waals surface area contributed by atoms with Crippen LogP contribution in [0.5, 0.6) is 6.01 Å². The molecule has 0 atom stereocenters. The molecule has 0 amide bonds. The van der Waals surface area contributed by atoms with E-state index in [1.807, 2.05) is 48.3 Å². The largest absolute Gasteiger partial charge is 0.479 e. The van der Waals surface area contributed by atoms with Gasteiger partial charge in [0, 0.05) is 37.6 Å². The Balaban J connectivity index is 1.50. The van der Waals surface area contributed by atoms with Crippen molar-refractivity contribution in [1.82, 2.24) is 24.9 Å². The van der Waals surface area contributed by atoms with Crippen LogP contribution in [-0.4, -0.2) is 43.6 Å². The Morgan fingerprint density at radius 1 is 1.11 bits per heavy atom. The lowest BCUT2D eigenvalue weighted by atomic mass is 10.2. The molecule has 0 saturated heterocycles. The number of thiazole rings is 1. The Morgan fingerprint density at radius 2 is 2.04 bits per heavy atom. The van der Waals surface area contributed by atoms with Gasteiger partial charge in [0.15, 0.2) is 0 Å². The van der Waals surface area contributed by atoms with Crippen molar-refractivity contribution in [1.29, 1.82) is 0 Å². The van der Waals surface area contributed by atoms with E-state index in [1.54, 1.807) is 23.0 Å². The zero-order valence-electron chi connectivity index (χ0n) is 14.6. The summed E-state index contributed by atoms with van der Waals surface area (Å²) in [4.78, 5) is 22.8. The Bertz CT molecular complexity index is 1050. The minimum Gasteiger partial charge on any atom is -0.479 e. The van der Waals surface area contributed by atoms with Crippen LogP contribution in [0.1, 0.15) is 5.69 Å². The van der Waals surface area contributed by atoms with E-state index in [-0.39, 0.29) is 12.0 Å². The molecule has 8 nitrogen and oxygen atoms in total. The van der Waals surface area contributed by atoms with Crippen molar-refractivity contribution in [2.45, 2.75) is 6.42 Å². The third kappa shape index (κ3) is 4.09. The lowest BCUT2D eigenvalue weighted by molar-refractivity contribution is 0.429. The molecule has 0 radical (unpaired) electrons. The summed E-state index contributed by atoms with van der Waals surface area (Å²) in [5.74, 6) is 0.672. The van der Waals surface area contributed by atoms with Crippen LogP contribution in [0.15, 0.2) is 48.1 Å². The van der Waals surface area contributed by atoms with E-state index in [4.69, 9.17) is 0 Å². The Hall–Kier alpha value is -3.33. The van der Waals surface area contributed by atoms with Crippen molar-refractivity contribution in [2.24, 2.45) is 0 Å². The first-order chi connectivity index (χ1) is 13.2. The average Bonchev–Trinajstić information content (AvgIpc) is 3.14. The molecule has 4 aromatic rings. The maximum Gasteiger partial charge on any atom is 0.320 e. The summed E-state index contributed by atoms with van der Waals surface area (Å²) in [5, 5.41) is 13.0. The maximum atomic E-state index is 9.90. The van der Waals surface area contributed by atoms with Crippen LogP contribution in [-0.2, 0) is 6.42 Å². The standard InChI is InChI=1S/C18H17N7OS/c1-25(9-7-12-4-2-3-8-19-12)17-22-16(23-18(26)24-17)21-13-5-6-14-15(10-13)27-11-20-14/h2-6,8,10-11H,7,9H2,1H3,(H2,21,22,23,24,26). The highest BCUT2D eigenvalue weighted by molar-refractivity contribution is 7.16.